The van der Waals surface area contributed by atoms with Crippen molar-refractivity contribution in [1.29, 1.82) is 0 Å². The predicted octanol–water partition coefficient (Wildman–Crippen LogP) is 4.66. The van der Waals surface area contributed by atoms with Crippen LogP contribution in [0.5, 0.6) is 0 Å². The Morgan fingerprint density at radius 1 is 1.18 bits per heavy atom. The summed E-state index contributed by atoms with van der Waals surface area (Å²) in [6.07, 6.45) is 12.5. The third kappa shape index (κ3) is 1.76. The Kier molecular flexibility index (Phi) is 3.12. The normalized spacial score (nSPS) is 47.0. The van der Waals surface area contributed by atoms with E-state index in [0.717, 1.165) is 43.8 Å². The van der Waals surface area contributed by atoms with E-state index in [1.165, 1.54) is 18.4 Å². The van der Waals surface area contributed by atoms with Gasteiger partial charge in [-0.15, -0.1) is 0 Å². The van der Waals surface area contributed by atoms with Crippen LogP contribution in [0.1, 0.15) is 58.8 Å². The Morgan fingerprint density at radius 2 is 2.00 bits per heavy atom. The Labute approximate surface area is 134 Å². The molecule has 0 aromatic carbocycles. The van der Waals surface area contributed by atoms with Crippen LogP contribution in [0.15, 0.2) is 23.5 Å². The molecule has 4 aliphatic rings. The first-order valence-electron chi connectivity index (χ1n) is 8.97. The second-order valence-electron chi connectivity index (χ2n) is 8.45. The second-order valence-corrected chi connectivity index (χ2v) is 8.45. The standard InChI is InChI=1S/C20H28O2/c1-19-10-8-13-12-14(22-3)4-5-15(13)16(19)9-11-20(2)17(19)6-7-18(20)21/h8,12,15-17H,4-7,9-11H2,1-3H3/t15-,16+,17-,19?,20-/m0/s1. The molecule has 0 aromatic heterocycles. The summed E-state index contributed by atoms with van der Waals surface area (Å²) in [5.41, 5.74) is 1.81. The third-order valence-corrected chi connectivity index (χ3v) is 7.67. The number of hydrogen-bond donors (Lipinski definition) is 0. The molecule has 0 N–H and O–H groups in total. The van der Waals surface area contributed by atoms with E-state index in [1.807, 2.05) is 0 Å². The Balaban J connectivity index is 1.72. The number of allylic oxidation sites excluding steroid dienone is 4. The largest absolute Gasteiger partial charge is 0.501 e. The molecule has 2 fully saturated rings. The SMILES string of the molecule is COC1=CC2=CCC3(C)[C@H](CC[C@]4(C)C(=O)CC[C@@H]34)[C@H]2CC1. The number of carbonyl (C=O) groups excluding carboxylic acids is 1. The highest BCUT2D eigenvalue weighted by Crippen LogP contribution is 2.65. The van der Waals surface area contributed by atoms with E-state index in [-0.39, 0.29) is 5.41 Å². The zero-order valence-corrected chi connectivity index (χ0v) is 14.2. The van der Waals surface area contributed by atoms with Crippen LogP contribution in [-0.2, 0) is 9.53 Å². The van der Waals surface area contributed by atoms with Gasteiger partial charge in [0.25, 0.3) is 0 Å². The van der Waals surface area contributed by atoms with Crippen LogP contribution in [0.3, 0.4) is 0 Å². The van der Waals surface area contributed by atoms with Crippen LogP contribution >= 0.6 is 0 Å². The summed E-state index contributed by atoms with van der Waals surface area (Å²) in [7, 11) is 1.79. The van der Waals surface area contributed by atoms with Gasteiger partial charge in [0.15, 0.2) is 0 Å². The monoisotopic (exact) mass is 300 g/mol. The predicted molar refractivity (Wildman–Crippen MR) is 87.2 cm³/mol. The summed E-state index contributed by atoms with van der Waals surface area (Å²) in [6.45, 7) is 4.75. The van der Waals surface area contributed by atoms with Crippen molar-refractivity contribution in [2.75, 3.05) is 7.11 Å². The zero-order chi connectivity index (χ0) is 15.5. The molecular weight excluding hydrogens is 272 g/mol. The van der Waals surface area contributed by atoms with Gasteiger partial charge >= 0.3 is 0 Å². The van der Waals surface area contributed by atoms with Crippen molar-refractivity contribution >= 4 is 5.78 Å². The minimum Gasteiger partial charge on any atom is -0.501 e. The highest BCUT2D eigenvalue weighted by molar-refractivity contribution is 5.87. The van der Waals surface area contributed by atoms with Gasteiger partial charge in [-0.2, -0.15) is 0 Å². The molecule has 0 aromatic rings. The first kappa shape index (κ1) is 14.5. The molecule has 4 aliphatic carbocycles. The van der Waals surface area contributed by atoms with Gasteiger partial charge in [0, 0.05) is 18.3 Å². The fourth-order valence-corrected chi connectivity index (χ4v) is 6.42. The van der Waals surface area contributed by atoms with Crippen molar-refractivity contribution < 1.29 is 9.53 Å². The van der Waals surface area contributed by atoms with E-state index in [9.17, 15) is 4.79 Å². The molecule has 0 amide bonds. The minimum atomic E-state index is -0.0290. The number of fused-ring (bicyclic) bond motifs is 5. The first-order valence-corrected chi connectivity index (χ1v) is 8.97. The first-order chi connectivity index (χ1) is 10.5. The molecule has 0 radical (unpaired) electrons. The summed E-state index contributed by atoms with van der Waals surface area (Å²) >= 11 is 0. The van der Waals surface area contributed by atoms with E-state index in [2.05, 4.69) is 26.0 Å². The van der Waals surface area contributed by atoms with Gasteiger partial charge in [-0.25, -0.2) is 0 Å². The summed E-state index contributed by atoms with van der Waals surface area (Å²) in [6, 6.07) is 0. The molecule has 0 heterocycles. The van der Waals surface area contributed by atoms with Crippen molar-refractivity contribution in [3.05, 3.63) is 23.5 Å². The van der Waals surface area contributed by atoms with Crippen molar-refractivity contribution in [2.45, 2.75) is 58.8 Å². The van der Waals surface area contributed by atoms with Crippen molar-refractivity contribution in [3.63, 3.8) is 0 Å². The number of carbonyl (C=O) groups is 1. The number of hydrogen-bond acceptors (Lipinski definition) is 2. The number of ether oxygens (including phenoxy) is 1. The van der Waals surface area contributed by atoms with E-state index in [1.54, 1.807) is 7.11 Å². The molecule has 0 bridgehead atoms. The molecule has 22 heavy (non-hydrogen) atoms. The van der Waals surface area contributed by atoms with Crippen LogP contribution in [-0.4, -0.2) is 12.9 Å². The molecule has 2 saturated carbocycles. The summed E-state index contributed by atoms with van der Waals surface area (Å²) in [5.74, 6) is 3.72. The molecule has 0 spiro atoms. The molecule has 0 saturated heterocycles. The van der Waals surface area contributed by atoms with Gasteiger partial charge in [-0.1, -0.05) is 19.9 Å². The number of Topliss-reactive ketones (excluding diaryl/α,β-unsaturated/α-hetero) is 1. The smallest absolute Gasteiger partial charge is 0.139 e. The van der Waals surface area contributed by atoms with Gasteiger partial charge in [0.05, 0.1) is 12.9 Å². The average molecular weight is 300 g/mol. The summed E-state index contributed by atoms with van der Waals surface area (Å²) < 4.78 is 5.48. The lowest BCUT2D eigenvalue weighted by Crippen LogP contribution is -2.52. The lowest BCUT2D eigenvalue weighted by Gasteiger charge is -2.57. The molecule has 120 valence electrons. The quantitative estimate of drug-likeness (QED) is 0.704. The fourth-order valence-electron chi connectivity index (χ4n) is 6.42. The van der Waals surface area contributed by atoms with E-state index in [4.69, 9.17) is 4.74 Å². The van der Waals surface area contributed by atoms with Gasteiger partial charge in [-0.05, 0) is 66.9 Å². The number of methoxy groups -OCH3 is 1. The van der Waals surface area contributed by atoms with Gasteiger partial charge in [0.2, 0.25) is 0 Å². The molecule has 2 heteroatoms. The topological polar surface area (TPSA) is 26.3 Å². The van der Waals surface area contributed by atoms with Crippen LogP contribution in [0.25, 0.3) is 0 Å². The van der Waals surface area contributed by atoms with E-state index >= 15 is 0 Å². The Morgan fingerprint density at radius 3 is 2.77 bits per heavy atom. The maximum Gasteiger partial charge on any atom is 0.139 e. The van der Waals surface area contributed by atoms with Gasteiger partial charge in [0.1, 0.15) is 5.78 Å². The Bertz CT molecular complexity index is 572. The molecular formula is C20H28O2. The van der Waals surface area contributed by atoms with Gasteiger partial charge < -0.3 is 4.74 Å². The average Bonchev–Trinajstić information content (AvgIpc) is 2.83. The number of rotatable bonds is 1. The van der Waals surface area contributed by atoms with Crippen LogP contribution in [0.4, 0.5) is 0 Å². The summed E-state index contributed by atoms with van der Waals surface area (Å²) in [4.78, 5) is 12.5. The van der Waals surface area contributed by atoms with Crippen molar-refractivity contribution in [1.82, 2.24) is 0 Å². The van der Waals surface area contributed by atoms with E-state index in [0.29, 0.717) is 23.0 Å². The summed E-state index contributed by atoms with van der Waals surface area (Å²) in [5, 5.41) is 0. The lowest BCUT2D eigenvalue weighted by atomic mass is 9.46. The Hall–Kier alpha value is -1.05. The minimum absolute atomic E-state index is 0.0290. The van der Waals surface area contributed by atoms with Gasteiger partial charge in [-0.3, -0.25) is 4.79 Å². The van der Waals surface area contributed by atoms with Crippen LogP contribution in [0.2, 0.25) is 0 Å². The molecule has 2 nitrogen and oxygen atoms in total. The van der Waals surface area contributed by atoms with E-state index < -0.39 is 0 Å². The molecule has 0 aliphatic heterocycles. The van der Waals surface area contributed by atoms with Crippen molar-refractivity contribution in [3.8, 4) is 0 Å². The highest BCUT2D eigenvalue weighted by atomic mass is 16.5. The maximum absolute atomic E-state index is 12.5. The fraction of sp³-hybridized carbons (Fsp3) is 0.750. The molecule has 4 rings (SSSR count). The lowest BCUT2D eigenvalue weighted by molar-refractivity contribution is -0.135. The van der Waals surface area contributed by atoms with Crippen LogP contribution < -0.4 is 0 Å². The van der Waals surface area contributed by atoms with Crippen LogP contribution in [0, 0.1) is 28.6 Å². The number of ketones is 1. The second kappa shape index (κ2) is 4.72. The highest BCUT2D eigenvalue weighted by Gasteiger charge is 2.60. The maximum atomic E-state index is 12.5. The third-order valence-electron chi connectivity index (χ3n) is 7.67. The zero-order valence-electron chi connectivity index (χ0n) is 14.2. The van der Waals surface area contributed by atoms with Crippen molar-refractivity contribution in [2.24, 2.45) is 28.6 Å². The molecule has 1 unspecified atom stereocenters. The molecule has 5 atom stereocenters.